The molecule has 0 radical (unpaired) electrons. The Morgan fingerprint density at radius 1 is 0.962 bits per heavy atom. The Morgan fingerprint density at radius 3 is 2.42 bits per heavy atom. The zero-order valence-corrected chi connectivity index (χ0v) is 13.7. The van der Waals surface area contributed by atoms with Crippen LogP contribution in [-0.4, -0.2) is 4.98 Å². The molecular formula is C20H13N5O. The quantitative estimate of drug-likeness (QED) is 0.707. The first-order valence-corrected chi connectivity index (χ1v) is 7.88. The van der Waals surface area contributed by atoms with Gasteiger partial charge in [-0.3, -0.25) is 0 Å². The van der Waals surface area contributed by atoms with Gasteiger partial charge in [0.1, 0.15) is 29.4 Å². The van der Waals surface area contributed by atoms with Gasteiger partial charge in [-0.1, -0.05) is 30.3 Å². The molecule has 0 spiro atoms. The van der Waals surface area contributed by atoms with E-state index in [2.05, 4.69) is 22.4 Å². The smallest absolute Gasteiger partial charge is 0.195 e. The highest BCUT2D eigenvalue weighted by Gasteiger charge is 2.10. The molecule has 1 N–H and O–H groups in total. The number of anilines is 1. The van der Waals surface area contributed by atoms with Crippen LogP contribution in [0.1, 0.15) is 11.5 Å². The minimum absolute atomic E-state index is 0.0952. The maximum atomic E-state index is 9.11. The molecule has 6 heteroatoms. The van der Waals surface area contributed by atoms with Gasteiger partial charge in [0, 0.05) is 12.1 Å². The molecule has 26 heavy (non-hydrogen) atoms. The molecule has 0 unspecified atom stereocenters. The number of oxazole rings is 1. The number of rotatable bonds is 5. The normalized spacial score (nSPS) is 9.73. The maximum absolute atomic E-state index is 9.11. The number of aryl methyl sites for hydroxylation is 2. The Morgan fingerprint density at radius 2 is 1.73 bits per heavy atom. The predicted molar refractivity (Wildman–Crippen MR) is 95.3 cm³/mol. The largest absolute Gasteiger partial charge is 0.441 e. The summed E-state index contributed by atoms with van der Waals surface area (Å²) < 4.78 is 5.75. The zero-order valence-electron chi connectivity index (χ0n) is 13.7. The minimum Gasteiger partial charge on any atom is -0.441 e. The SMILES string of the molecule is N#CC(C#N)=C(C#N)Nc1ccc2oc(CCc3ccccc3)nc2c1. The van der Waals surface area contributed by atoms with Gasteiger partial charge in [0.05, 0.1) is 0 Å². The lowest BCUT2D eigenvalue weighted by atomic mass is 10.1. The van der Waals surface area contributed by atoms with E-state index in [1.165, 1.54) is 5.56 Å². The third kappa shape index (κ3) is 3.70. The van der Waals surface area contributed by atoms with Crippen LogP contribution in [0.2, 0.25) is 0 Å². The van der Waals surface area contributed by atoms with E-state index in [1.54, 1.807) is 30.3 Å². The van der Waals surface area contributed by atoms with E-state index in [9.17, 15) is 0 Å². The Hall–Kier alpha value is -4.08. The van der Waals surface area contributed by atoms with Gasteiger partial charge in [-0.2, -0.15) is 15.8 Å². The van der Waals surface area contributed by atoms with Gasteiger partial charge in [-0.15, -0.1) is 0 Å². The highest BCUT2D eigenvalue weighted by atomic mass is 16.3. The average Bonchev–Trinajstić information content (AvgIpc) is 3.09. The van der Waals surface area contributed by atoms with Crippen molar-refractivity contribution in [3.05, 3.63) is 71.3 Å². The number of fused-ring (bicyclic) bond motifs is 1. The predicted octanol–water partition coefficient (Wildman–Crippen LogP) is 3.85. The zero-order chi connectivity index (χ0) is 18.4. The molecule has 6 nitrogen and oxygen atoms in total. The van der Waals surface area contributed by atoms with Crippen molar-refractivity contribution >= 4 is 16.8 Å². The molecule has 124 valence electrons. The Bertz CT molecular complexity index is 1080. The van der Waals surface area contributed by atoms with Crippen molar-refractivity contribution in [3.63, 3.8) is 0 Å². The van der Waals surface area contributed by atoms with E-state index in [0.717, 1.165) is 6.42 Å². The first-order valence-electron chi connectivity index (χ1n) is 7.88. The van der Waals surface area contributed by atoms with Crippen LogP contribution in [0.4, 0.5) is 5.69 Å². The van der Waals surface area contributed by atoms with Crippen LogP contribution in [-0.2, 0) is 12.8 Å². The van der Waals surface area contributed by atoms with Crippen molar-refractivity contribution in [1.29, 1.82) is 15.8 Å². The van der Waals surface area contributed by atoms with Crippen molar-refractivity contribution in [2.75, 3.05) is 5.32 Å². The van der Waals surface area contributed by atoms with Crippen LogP contribution in [0.25, 0.3) is 11.1 Å². The molecule has 1 heterocycles. The van der Waals surface area contributed by atoms with Gasteiger partial charge in [-0.25, -0.2) is 4.98 Å². The summed E-state index contributed by atoms with van der Waals surface area (Å²) in [7, 11) is 0. The summed E-state index contributed by atoms with van der Waals surface area (Å²) in [6, 6.07) is 20.5. The van der Waals surface area contributed by atoms with E-state index in [4.69, 9.17) is 20.2 Å². The van der Waals surface area contributed by atoms with E-state index >= 15 is 0 Å². The number of benzene rings is 2. The number of allylic oxidation sites excluding steroid dienone is 2. The number of hydrogen-bond donors (Lipinski definition) is 1. The van der Waals surface area contributed by atoms with Gasteiger partial charge in [-0.05, 0) is 30.2 Å². The molecule has 0 aliphatic carbocycles. The van der Waals surface area contributed by atoms with E-state index in [-0.39, 0.29) is 11.3 Å². The second kappa shape index (κ2) is 7.66. The molecule has 0 amide bonds. The van der Waals surface area contributed by atoms with Crippen molar-refractivity contribution in [2.24, 2.45) is 0 Å². The molecule has 2 aromatic carbocycles. The summed E-state index contributed by atoms with van der Waals surface area (Å²) in [4.78, 5) is 4.47. The molecule has 1 aromatic heterocycles. The molecule has 0 aliphatic heterocycles. The van der Waals surface area contributed by atoms with Gasteiger partial charge in [0.25, 0.3) is 0 Å². The first-order chi connectivity index (χ1) is 12.7. The topological polar surface area (TPSA) is 109 Å². The number of nitriles is 3. The average molecular weight is 339 g/mol. The van der Waals surface area contributed by atoms with E-state index < -0.39 is 0 Å². The lowest BCUT2D eigenvalue weighted by molar-refractivity contribution is 0.528. The van der Waals surface area contributed by atoms with Crippen molar-refractivity contribution in [2.45, 2.75) is 12.8 Å². The maximum Gasteiger partial charge on any atom is 0.195 e. The molecule has 0 bridgehead atoms. The number of nitrogens with one attached hydrogen (secondary N) is 1. The summed E-state index contributed by atoms with van der Waals surface area (Å²) in [6.45, 7) is 0. The molecule has 0 fully saturated rings. The molecule has 0 saturated heterocycles. The van der Waals surface area contributed by atoms with Gasteiger partial charge < -0.3 is 9.73 Å². The Balaban J connectivity index is 1.80. The first kappa shape index (κ1) is 16.8. The van der Waals surface area contributed by atoms with Crippen LogP contribution in [0.15, 0.2) is 64.2 Å². The summed E-state index contributed by atoms with van der Waals surface area (Å²) in [5.74, 6) is 0.631. The van der Waals surface area contributed by atoms with Crippen LogP contribution in [0.5, 0.6) is 0 Å². The Kier molecular flexibility index (Phi) is 4.94. The number of nitrogens with zero attached hydrogens (tertiary/aromatic N) is 4. The second-order valence-corrected chi connectivity index (χ2v) is 5.49. The monoisotopic (exact) mass is 339 g/mol. The van der Waals surface area contributed by atoms with Crippen LogP contribution in [0, 0.1) is 34.0 Å². The van der Waals surface area contributed by atoms with Gasteiger partial charge in [0.15, 0.2) is 17.0 Å². The standard InChI is InChI=1S/C20H13N5O/c21-11-15(12-22)18(13-23)24-16-7-8-19-17(10-16)25-20(26-19)9-6-14-4-2-1-3-5-14/h1-5,7-8,10,24H,6,9H2. The summed E-state index contributed by atoms with van der Waals surface area (Å²) in [6.07, 6.45) is 1.51. The van der Waals surface area contributed by atoms with Crippen LogP contribution < -0.4 is 5.32 Å². The lowest BCUT2D eigenvalue weighted by Gasteiger charge is -2.03. The van der Waals surface area contributed by atoms with Crippen molar-refractivity contribution in [3.8, 4) is 18.2 Å². The van der Waals surface area contributed by atoms with Gasteiger partial charge in [0.2, 0.25) is 0 Å². The second-order valence-electron chi connectivity index (χ2n) is 5.49. The number of hydrogen-bond acceptors (Lipinski definition) is 6. The molecule has 0 aliphatic rings. The fourth-order valence-electron chi connectivity index (χ4n) is 2.48. The van der Waals surface area contributed by atoms with E-state index in [0.29, 0.717) is 29.1 Å². The third-order valence-electron chi connectivity index (χ3n) is 3.76. The van der Waals surface area contributed by atoms with Crippen molar-refractivity contribution < 1.29 is 4.42 Å². The number of aromatic nitrogens is 1. The molecule has 0 atom stereocenters. The fourth-order valence-corrected chi connectivity index (χ4v) is 2.48. The lowest BCUT2D eigenvalue weighted by Crippen LogP contribution is -2.00. The fraction of sp³-hybridized carbons (Fsp3) is 0.100. The highest BCUT2D eigenvalue weighted by Crippen LogP contribution is 2.22. The minimum atomic E-state index is -0.267. The molecule has 0 saturated carbocycles. The molecule has 3 rings (SSSR count). The Labute approximate surface area is 150 Å². The van der Waals surface area contributed by atoms with E-state index in [1.807, 2.05) is 24.3 Å². The summed E-state index contributed by atoms with van der Waals surface area (Å²) in [5.41, 5.74) is 2.69. The highest BCUT2D eigenvalue weighted by molar-refractivity contribution is 5.78. The third-order valence-corrected chi connectivity index (χ3v) is 3.76. The summed E-state index contributed by atoms with van der Waals surface area (Å²) >= 11 is 0. The van der Waals surface area contributed by atoms with Crippen LogP contribution in [0.3, 0.4) is 0 Å². The summed E-state index contributed by atoms with van der Waals surface area (Å²) in [5, 5.41) is 29.7. The molecular weight excluding hydrogens is 326 g/mol. The molecule has 3 aromatic rings. The van der Waals surface area contributed by atoms with Crippen molar-refractivity contribution in [1.82, 2.24) is 4.98 Å². The van der Waals surface area contributed by atoms with Gasteiger partial charge >= 0.3 is 0 Å². The van der Waals surface area contributed by atoms with Crippen LogP contribution >= 0.6 is 0 Å².